The molecule has 1 aromatic rings. The molecule has 1 aromatic heterocycles. The Morgan fingerprint density at radius 3 is 2.76 bits per heavy atom. The van der Waals surface area contributed by atoms with Gasteiger partial charge < -0.3 is 5.11 Å². The topological polar surface area (TPSA) is 50.9 Å². The number of thioether (sulfide) groups is 1. The maximum atomic E-state index is 10.2. The van der Waals surface area contributed by atoms with Crippen LogP contribution in [0.4, 0.5) is 0 Å². The van der Waals surface area contributed by atoms with Gasteiger partial charge in [-0.15, -0.1) is 5.10 Å². The van der Waals surface area contributed by atoms with E-state index in [2.05, 4.69) is 26.2 Å². The first-order valence-electron chi connectivity index (χ1n) is 6.03. The van der Waals surface area contributed by atoms with Crippen LogP contribution in [0.2, 0.25) is 0 Å². The average Bonchev–Trinajstić information content (AvgIpc) is 2.67. The molecule has 96 valence electrons. The van der Waals surface area contributed by atoms with Gasteiger partial charge in [0, 0.05) is 18.1 Å². The maximum Gasteiger partial charge on any atom is 0.154 e. The molecule has 1 fully saturated rings. The van der Waals surface area contributed by atoms with Crippen LogP contribution in [-0.4, -0.2) is 31.1 Å². The fourth-order valence-corrected chi connectivity index (χ4v) is 4.10. The van der Waals surface area contributed by atoms with Gasteiger partial charge in [-0.3, -0.25) is 0 Å². The summed E-state index contributed by atoms with van der Waals surface area (Å²) < 4.78 is 2.28. The zero-order valence-corrected chi connectivity index (χ0v) is 12.4. The second-order valence-electron chi connectivity index (χ2n) is 4.50. The second kappa shape index (κ2) is 6.20. The summed E-state index contributed by atoms with van der Waals surface area (Å²) in [5.74, 6) is 0.727. The van der Waals surface area contributed by atoms with E-state index in [1.165, 1.54) is 32.1 Å². The van der Waals surface area contributed by atoms with E-state index >= 15 is 0 Å². The van der Waals surface area contributed by atoms with E-state index in [1.54, 1.807) is 4.68 Å². The third-order valence-electron chi connectivity index (χ3n) is 3.18. The number of aliphatic hydroxyl groups excluding tert-OH is 1. The first kappa shape index (κ1) is 13.4. The van der Waals surface area contributed by atoms with Gasteiger partial charge in [0.1, 0.15) is 11.8 Å². The highest BCUT2D eigenvalue weighted by atomic mass is 79.9. The lowest BCUT2D eigenvalue weighted by atomic mass is 10.0. The molecule has 0 saturated heterocycles. The Balaban J connectivity index is 1.86. The lowest BCUT2D eigenvalue weighted by molar-refractivity contribution is 0.192. The van der Waals surface area contributed by atoms with Crippen LogP contribution in [0, 0.1) is 0 Å². The van der Waals surface area contributed by atoms with Crippen molar-refractivity contribution in [2.45, 2.75) is 43.5 Å². The Bertz CT molecular complexity index is 346. The molecule has 0 radical (unpaired) electrons. The quantitative estimate of drug-likeness (QED) is 0.927. The monoisotopic (exact) mass is 319 g/mol. The molecule has 1 aliphatic carbocycles. The highest BCUT2D eigenvalue weighted by molar-refractivity contribution is 9.10. The fourth-order valence-electron chi connectivity index (χ4n) is 2.23. The predicted octanol–water partition coefficient (Wildman–Crippen LogP) is 2.68. The van der Waals surface area contributed by atoms with Crippen molar-refractivity contribution < 1.29 is 5.11 Å². The van der Waals surface area contributed by atoms with Crippen molar-refractivity contribution in [2.75, 3.05) is 5.75 Å². The molecule has 17 heavy (non-hydrogen) atoms. The largest absolute Gasteiger partial charge is 0.386 e. The van der Waals surface area contributed by atoms with E-state index in [0.29, 0.717) is 4.60 Å². The zero-order chi connectivity index (χ0) is 12.3. The lowest BCUT2D eigenvalue weighted by Gasteiger charge is -2.22. The van der Waals surface area contributed by atoms with Gasteiger partial charge in [0.15, 0.2) is 4.60 Å². The number of aryl methyl sites for hydroxylation is 1. The molecular formula is C11H18BrN3OS. The van der Waals surface area contributed by atoms with Gasteiger partial charge in [0.25, 0.3) is 0 Å². The molecule has 0 amide bonds. The van der Waals surface area contributed by atoms with Crippen LogP contribution >= 0.6 is 27.7 Å². The van der Waals surface area contributed by atoms with Gasteiger partial charge in [-0.25, -0.2) is 4.68 Å². The standard InChI is InChI=1S/C11H18BrN3OS/c1-15-10(11(12)13-14-15)9(16)7-17-8-5-3-2-4-6-8/h8-9,16H,2-7H2,1H3. The van der Waals surface area contributed by atoms with Crippen molar-refractivity contribution in [2.24, 2.45) is 7.05 Å². The van der Waals surface area contributed by atoms with Crippen LogP contribution in [-0.2, 0) is 7.05 Å². The van der Waals surface area contributed by atoms with Gasteiger partial charge in [-0.2, -0.15) is 11.8 Å². The van der Waals surface area contributed by atoms with Crippen molar-refractivity contribution in [1.82, 2.24) is 15.0 Å². The van der Waals surface area contributed by atoms with E-state index in [0.717, 1.165) is 16.7 Å². The Labute approximate surface area is 114 Å². The van der Waals surface area contributed by atoms with Gasteiger partial charge in [-0.05, 0) is 28.8 Å². The molecular weight excluding hydrogens is 302 g/mol. The van der Waals surface area contributed by atoms with Gasteiger partial charge in [-0.1, -0.05) is 24.5 Å². The third kappa shape index (κ3) is 3.45. The van der Waals surface area contributed by atoms with Crippen LogP contribution in [0.3, 0.4) is 0 Å². The van der Waals surface area contributed by atoms with E-state index in [9.17, 15) is 5.11 Å². The first-order chi connectivity index (χ1) is 8.18. The van der Waals surface area contributed by atoms with E-state index in [1.807, 2.05) is 18.8 Å². The fraction of sp³-hybridized carbons (Fsp3) is 0.818. The third-order valence-corrected chi connectivity index (χ3v) is 5.20. The second-order valence-corrected chi connectivity index (χ2v) is 6.58. The Hall–Kier alpha value is -0.0700. The lowest BCUT2D eigenvalue weighted by Crippen LogP contribution is -2.13. The molecule has 1 aliphatic rings. The van der Waals surface area contributed by atoms with Gasteiger partial charge >= 0.3 is 0 Å². The molecule has 1 N–H and O–H groups in total. The van der Waals surface area contributed by atoms with Crippen molar-refractivity contribution in [3.05, 3.63) is 10.3 Å². The Morgan fingerprint density at radius 2 is 2.18 bits per heavy atom. The van der Waals surface area contributed by atoms with Crippen LogP contribution in [0.1, 0.15) is 43.9 Å². The summed E-state index contributed by atoms with van der Waals surface area (Å²) in [6.07, 6.45) is 6.15. The minimum Gasteiger partial charge on any atom is -0.386 e. The van der Waals surface area contributed by atoms with Crippen LogP contribution in [0.15, 0.2) is 4.60 Å². The Kier molecular flexibility index (Phi) is 4.87. The smallest absolute Gasteiger partial charge is 0.154 e. The summed E-state index contributed by atoms with van der Waals surface area (Å²) in [6.45, 7) is 0. The highest BCUT2D eigenvalue weighted by Crippen LogP contribution is 2.31. The molecule has 0 spiro atoms. The van der Waals surface area contributed by atoms with Crippen molar-refractivity contribution in [1.29, 1.82) is 0 Å². The number of aromatic nitrogens is 3. The van der Waals surface area contributed by atoms with E-state index in [4.69, 9.17) is 0 Å². The van der Waals surface area contributed by atoms with E-state index in [-0.39, 0.29) is 0 Å². The number of halogens is 1. The summed E-state index contributed by atoms with van der Waals surface area (Å²) in [4.78, 5) is 0. The summed E-state index contributed by atoms with van der Waals surface area (Å²) in [5.41, 5.74) is 0.772. The summed E-state index contributed by atoms with van der Waals surface area (Å²) >= 11 is 5.20. The number of hydrogen-bond donors (Lipinski definition) is 1. The SMILES string of the molecule is Cn1nnc(Br)c1C(O)CSC1CCCCC1. The molecule has 0 aliphatic heterocycles. The molecule has 6 heteroatoms. The van der Waals surface area contributed by atoms with Crippen LogP contribution in [0.25, 0.3) is 0 Å². The zero-order valence-electron chi connectivity index (χ0n) is 9.97. The summed E-state index contributed by atoms with van der Waals surface area (Å²) in [6, 6.07) is 0. The molecule has 2 rings (SSSR count). The summed E-state index contributed by atoms with van der Waals surface area (Å²) in [7, 11) is 1.81. The van der Waals surface area contributed by atoms with Gasteiger partial charge in [0.2, 0.25) is 0 Å². The van der Waals surface area contributed by atoms with E-state index < -0.39 is 6.10 Å². The molecule has 1 saturated carbocycles. The molecule has 1 unspecified atom stereocenters. The number of aliphatic hydroxyl groups is 1. The van der Waals surface area contributed by atoms with Gasteiger partial charge in [0.05, 0.1) is 0 Å². The molecule has 4 nitrogen and oxygen atoms in total. The maximum absolute atomic E-state index is 10.2. The van der Waals surface area contributed by atoms with Crippen molar-refractivity contribution in [3.63, 3.8) is 0 Å². The molecule has 0 aromatic carbocycles. The summed E-state index contributed by atoms with van der Waals surface area (Å²) in [5, 5.41) is 18.6. The molecule has 1 heterocycles. The number of nitrogens with zero attached hydrogens (tertiary/aromatic N) is 3. The average molecular weight is 320 g/mol. The van der Waals surface area contributed by atoms with Crippen LogP contribution < -0.4 is 0 Å². The highest BCUT2D eigenvalue weighted by Gasteiger charge is 2.20. The number of rotatable bonds is 4. The normalized spacial score (nSPS) is 19.5. The minimum atomic E-state index is -0.490. The number of hydrogen-bond acceptors (Lipinski definition) is 4. The minimum absolute atomic E-state index is 0.490. The van der Waals surface area contributed by atoms with Crippen molar-refractivity contribution in [3.8, 4) is 0 Å². The Morgan fingerprint density at radius 1 is 1.47 bits per heavy atom. The van der Waals surface area contributed by atoms with Crippen LogP contribution in [0.5, 0.6) is 0 Å². The molecule has 1 atom stereocenters. The van der Waals surface area contributed by atoms with Crippen molar-refractivity contribution >= 4 is 27.7 Å². The molecule has 0 bridgehead atoms. The predicted molar refractivity (Wildman–Crippen MR) is 73.0 cm³/mol. The first-order valence-corrected chi connectivity index (χ1v) is 7.87.